The Hall–Kier alpha value is -0.340. The summed E-state index contributed by atoms with van der Waals surface area (Å²) in [5.74, 6) is 0.823. The number of piperidine rings is 1. The van der Waals surface area contributed by atoms with E-state index in [4.69, 9.17) is 0 Å². The number of hydrogen-bond acceptors (Lipinski definition) is 2. The molecule has 0 amide bonds. The predicted octanol–water partition coefficient (Wildman–Crippen LogP) is 2.27. The van der Waals surface area contributed by atoms with Gasteiger partial charge in [-0.2, -0.15) is 0 Å². The summed E-state index contributed by atoms with van der Waals surface area (Å²) >= 11 is 0. The molecule has 1 heterocycles. The van der Waals surface area contributed by atoms with Crippen molar-refractivity contribution in [1.82, 2.24) is 10.2 Å². The number of rotatable bonds is 5. The summed E-state index contributed by atoms with van der Waals surface area (Å²) in [5.41, 5.74) is 0. The first-order valence-corrected chi connectivity index (χ1v) is 6.23. The third-order valence-electron chi connectivity index (χ3n) is 3.28. The van der Waals surface area contributed by atoms with Gasteiger partial charge in [-0.3, -0.25) is 4.90 Å². The van der Waals surface area contributed by atoms with Crippen LogP contribution in [0.25, 0.3) is 0 Å². The Morgan fingerprint density at radius 2 is 2.20 bits per heavy atom. The topological polar surface area (TPSA) is 15.3 Å². The fourth-order valence-electron chi connectivity index (χ4n) is 2.19. The lowest BCUT2D eigenvalue weighted by Gasteiger charge is -2.36. The first kappa shape index (κ1) is 12.7. The third kappa shape index (κ3) is 4.35. The van der Waals surface area contributed by atoms with E-state index < -0.39 is 0 Å². The summed E-state index contributed by atoms with van der Waals surface area (Å²) in [4.78, 5) is 2.54. The van der Waals surface area contributed by atoms with E-state index in [-0.39, 0.29) is 0 Å². The normalized spacial score (nSPS) is 25.5. The van der Waals surface area contributed by atoms with Crippen molar-refractivity contribution in [3.8, 4) is 0 Å². The number of hydrogen-bond donors (Lipinski definition) is 1. The second-order valence-electron chi connectivity index (χ2n) is 5.04. The molecule has 0 saturated carbocycles. The van der Waals surface area contributed by atoms with Crippen LogP contribution in [0, 0.1) is 5.92 Å². The smallest absolute Gasteiger partial charge is 0.0247 e. The van der Waals surface area contributed by atoms with Gasteiger partial charge in [0.25, 0.3) is 0 Å². The molecule has 88 valence electrons. The minimum Gasteiger partial charge on any atom is -0.314 e. The van der Waals surface area contributed by atoms with Gasteiger partial charge >= 0.3 is 0 Å². The van der Waals surface area contributed by atoms with Gasteiger partial charge in [0.2, 0.25) is 0 Å². The van der Waals surface area contributed by atoms with Crippen LogP contribution in [0.3, 0.4) is 0 Å². The number of nitrogens with zero attached hydrogens (tertiary/aromatic N) is 1. The molecule has 2 heteroatoms. The molecule has 0 bridgehead atoms. The molecule has 0 spiro atoms. The van der Waals surface area contributed by atoms with Crippen LogP contribution in [-0.4, -0.2) is 36.6 Å². The van der Waals surface area contributed by atoms with Gasteiger partial charge in [-0.25, -0.2) is 0 Å². The van der Waals surface area contributed by atoms with Crippen LogP contribution in [-0.2, 0) is 0 Å². The second kappa shape index (κ2) is 6.29. The van der Waals surface area contributed by atoms with E-state index in [2.05, 4.69) is 43.6 Å². The molecule has 2 atom stereocenters. The van der Waals surface area contributed by atoms with Crippen molar-refractivity contribution in [3.05, 3.63) is 12.7 Å². The van der Waals surface area contributed by atoms with Crippen LogP contribution >= 0.6 is 0 Å². The first-order valence-electron chi connectivity index (χ1n) is 6.23. The highest BCUT2D eigenvalue weighted by atomic mass is 15.2. The van der Waals surface area contributed by atoms with Crippen LogP contribution in [0.1, 0.15) is 33.6 Å². The van der Waals surface area contributed by atoms with Crippen LogP contribution in [0.15, 0.2) is 12.7 Å². The quantitative estimate of drug-likeness (QED) is 0.700. The molecule has 0 aromatic rings. The first-order chi connectivity index (χ1) is 7.13. The van der Waals surface area contributed by atoms with Crippen LogP contribution in [0.2, 0.25) is 0 Å². The Labute approximate surface area is 94.7 Å². The lowest BCUT2D eigenvalue weighted by atomic mass is 9.96. The van der Waals surface area contributed by atoms with E-state index >= 15 is 0 Å². The summed E-state index contributed by atoms with van der Waals surface area (Å²) in [7, 11) is 0. The minimum absolute atomic E-state index is 0.534. The Bertz CT molecular complexity index is 189. The van der Waals surface area contributed by atoms with Crippen LogP contribution < -0.4 is 5.32 Å². The van der Waals surface area contributed by atoms with Crippen molar-refractivity contribution in [2.24, 2.45) is 5.92 Å². The average Bonchev–Trinajstić information content (AvgIpc) is 2.25. The number of nitrogens with one attached hydrogen (secondary N) is 1. The predicted molar refractivity (Wildman–Crippen MR) is 67.1 cm³/mol. The zero-order valence-corrected chi connectivity index (χ0v) is 10.5. The summed E-state index contributed by atoms with van der Waals surface area (Å²) < 4.78 is 0. The zero-order valence-electron chi connectivity index (χ0n) is 10.5. The van der Waals surface area contributed by atoms with E-state index in [1.807, 2.05) is 0 Å². The summed E-state index contributed by atoms with van der Waals surface area (Å²) in [6.45, 7) is 14.2. The Morgan fingerprint density at radius 1 is 1.47 bits per heavy atom. The van der Waals surface area contributed by atoms with Crippen LogP contribution in [0.5, 0.6) is 0 Å². The minimum atomic E-state index is 0.534. The molecule has 1 aliphatic rings. The summed E-state index contributed by atoms with van der Waals surface area (Å²) in [6, 6.07) is 1.14. The van der Waals surface area contributed by atoms with Gasteiger partial charge in [-0.15, -0.1) is 6.58 Å². The molecule has 1 rings (SSSR count). The van der Waals surface area contributed by atoms with Gasteiger partial charge in [0, 0.05) is 18.6 Å². The molecular weight excluding hydrogens is 184 g/mol. The van der Waals surface area contributed by atoms with E-state index in [1.165, 1.54) is 25.9 Å². The SMILES string of the molecule is C=CC(C)N1CCCC(CNC(C)C)C1. The molecule has 1 N–H and O–H groups in total. The van der Waals surface area contributed by atoms with Crippen molar-refractivity contribution >= 4 is 0 Å². The molecule has 2 nitrogen and oxygen atoms in total. The molecule has 0 aromatic carbocycles. The molecule has 0 aliphatic carbocycles. The van der Waals surface area contributed by atoms with Gasteiger partial charge in [0.05, 0.1) is 0 Å². The standard InChI is InChI=1S/C13H26N2/c1-5-12(4)15-8-6-7-13(10-15)9-14-11(2)3/h5,11-14H,1,6-10H2,2-4H3. The maximum absolute atomic E-state index is 3.88. The van der Waals surface area contributed by atoms with Crippen LogP contribution in [0.4, 0.5) is 0 Å². The maximum Gasteiger partial charge on any atom is 0.0247 e. The highest BCUT2D eigenvalue weighted by Gasteiger charge is 2.21. The van der Waals surface area contributed by atoms with Gasteiger partial charge in [0.15, 0.2) is 0 Å². The van der Waals surface area contributed by atoms with E-state index in [0.29, 0.717) is 12.1 Å². The third-order valence-corrected chi connectivity index (χ3v) is 3.28. The largest absolute Gasteiger partial charge is 0.314 e. The lowest BCUT2D eigenvalue weighted by Crippen LogP contribution is -2.44. The van der Waals surface area contributed by atoms with E-state index in [0.717, 1.165) is 12.5 Å². The van der Waals surface area contributed by atoms with Gasteiger partial charge < -0.3 is 5.32 Å². The van der Waals surface area contributed by atoms with E-state index in [9.17, 15) is 0 Å². The van der Waals surface area contributed by atoms with Crippen molar-refractivity contribution in [2.75, 3.05) is 19.6 Å². The van der Waals surface area contributed by atoms with Gasteiger partial charge in [-0.05, 0) is 38.8 Å². The molecule has 1 saturated heterocycles. The highest BCUT2D eigenvalue weighted by Crippen LogP contribution is 2.18. The van der Waals surface area contributed by atoms with Gasteiger partial charge in [-0.1, -0.05) is 19.9 Å². The summed E-state index contributed by atoms with van der Waals surface area (Å²) in [5, 5.41) is 3.54. The monoisotopic (exact) mass is 210 g/mol. The second-order valence-corrected chi connectivity index (χ2v) is 5.04. The molecular formula is C13H26N2. The Kier molecular flexibility index (Phi) is 5.34. The molecule has 2 unspecified atom stereocenters. The number of likely N-dealkylation sites (tertiary alicyclic amines) is 1. The lowest BCUT2D eigenvalue weighted by molar-refractivity contribution is 0.150. The maximum atomic E-state index is 3.88. The molecule has 1 fully saturated rings. The molecule has 0 aromatic heterocycles. The van der Waals surface area contributed by atoms with Crippen molar-refractivity contribution < 1.29 is 0 Å². The Morgan fingerprint density at radius 3 is 2.80 bits per heavy atom. The highest BCUT2D eigenvalue weighted by molar-refractivity contribution is 4.87. The summed E-state index contributed by atoms with van der Waals surface area (Å²) in [6.07, 6.45) is 4.76. The van der Waals surface area contributed by atoms with Crippen molar-refractivity contribution in [1.29, 1.82) is 0 Å². The fourth-order valence-corrected chi connectivity index (χ4v) is 2.19. The van der Waals surface area contributed by atoms with Crippen molar-refractivity contribution in [3.63, 3.8) is 0 Å². The van der Waals surface area contributed by atoms with Gasteiger partial charge in [0.1, 0.15) is 0 Å². The van der Waals surface area contributed by atoms with Crippen molar-refractivity contribution in [2.45, 2.75) is 45.7 Å². The molecule has 1 aliphatic heterocycles. The Balaban J connectivity index is 2.32. The molecule has 0 radical (unpaired) electrons. The zero-order chi connectivity index (χ0) is 11.3. The average molecular weight is 210 g/mol. The fraction of sp³-hybridized carbons (Fsp3) is 0.846. The van der Waals surface area contributed by atoms with E-state index in [1.54, 1.807) is 0 Å². The molecule has 15 heavy (non-hydrogen) atoms.